The SMILES string of the molecule is CCc1nc(Cl)cc(N(C)CC(O)COC)n1. The number of likely N-dealkylation sites (N-methyl/N-ethyl adjacent to an activating group) is 1. The first-order chi connectivity index (χ1) is 8.06. The number of ether oxygens (including phenoxy) is 1. The van der Waals surface area contributed by atoms with Crippen LogP contribution in [0.3, 0.4) is 0 Å². The molecule has 96 valence electrons. The summed E-state index contributed by atoms with van der Waals surface area (Å²) in [5, 5.41) is 10.1. The molecule has 0 saturated heterocycles. The van der Waals surface area contributed by atoms with Gasteiger partial charge in [-0.3, -0.25) is 0 Å². The molecule has 17 heavy (non-hydrogen) atoms. The van der Waals surface area contributed by atoms with Crippen LogP contribution in [0.15, 0.2) is 6.07 Å². The second-order valence-electron chi connectivity index (χ2n) is 3.81. The maximum Gasteiger partial charge on any atom is 0.134 e. The van der Waals surface area contributed by atoms with E-state index in [1.54, 1.807) is 13.2 Å². The summed E-state index contributed by atoms with van der Waals surface area (Å²) in [7, 11) is 3.40. The number of hydrogen-bond acceptors (Lipinski definition) is 5. The third-order valence-corrected chi connectivity index (χ3v) is 2.47. The van der Waals surface area contributed by atoms with Crippen LogP contribution in [-0.2, 0) is 11.2 Å². The van der Waals surface area contributed by atoms with Gasteiger partial charge < -0.3 is 14.7 Å². The average molecular weight is 260 g/mol. The van der Waals surface area contributed by atoms with Crippen LogP contribution < -0.4 is 4.90 Å². The van der Waals surface area contributed by atoms with E-state index >= 15 is 0 Å². The van der Waals surface area contributed by atoms with Crippen LogP contribution >= 0.6 is 11.6 Å². The number of halogens is 1. The summed E-state index contributed by atoms with van der Waals surface area (Å²) in [6.45, 7) is 2.70. The van der Waals surface area contributed by atoms with Crippen molar-refractivity contribution in [2.75, 3.05) is 32.2 Å². The first kappa shape index (κ1) is 14.2. The van der Waals surface area contributed by atoms with Gasteiger partial charge in [0.25, 0.3) is 0 Å². The molecular weight excluding hydrogens is 242 g/mol. The van der Waals surface area contributed by atoms with Crippen LogP contribution in [0.1, 0.15) is 12.7 Å². The zero-order valence-corrected chi connectivity index (χ0v) is 11.1. The minimum atomic E-state index is -0.552. The predicted octanol–water partition coefficient (Wildman–Crippen LogP) is 1.14. The lowest BCUT2D eigenvalue weighted by atomic mass is 10.3. The number of hydrogen-bond donors (Lipinski definition) is 1. The Labute approximate surface area is 106 Å². The summed E-state index contributed by atoms with van der Waals surface area (Å²) >= 11 is 5.91. The quantitative estimate of drug-likeness (QED) is 0.777. The number of aliphatic hydroxyl groups excluding tert-OH is 1. The largest absolute Gasteiger partial charge is 0.389 e. The lowest BCUT2D eigenvalue weighted by Crippen LogP contribution is -2.32. The average Bonchev–Trinajstić information content (AvgIpc) is 2.28. The van der Waals surface area contributed by atoms with Crippen LogP contribution in [0.5, 0.6) is 0 Å². The Kier molecular flexibility index (Phi) is 5.61. The highest BCUT2D eigenvalue weighted by Gasteiger charge is 2.11. The molecule has 0 radical (unpaired) electrons. The van der Waals surface area contributed by atoms with E-state index in [0.717, 1.165) is 6.42 Å². The summed E-state index contributed by atoms with van der Waals surface area (Å²) < 4.78 is 4.87. The Bertz CT molecular complexity index is 363. The number of rotatable bonds is 6. The molecule has 1 unspecified atom stereocenters. The number of nitrogens with zero attached hydrogens (tertiary/aromatic N) is 3. The Morgan fingerprint density at radius 1 is 1.53 bits per heavy atom. The van der Waals surface area contributed by atoms with Gasteiger partial charge >= 0.3 is 0 Å². The smallest absolute Gasteiger partial charge is 0.134 e. The maximum absolute atomic E-state index is 9.63. The Morgan fingerprint density at radius 2 is 2.24 bits per heavy atom. The first-order valence-corrected chi connectivity index (χ1v) is 5.86. The van der Waals surface area contributed by atoms with Crippen LogP contribution in [-0.4, -0.2) is 48.5 Å². The van der Waals surface area contributed by atoms with Gasteiger partial charge in [-0.2, -0.15) is 0 Å². The monoisotopic (exact) mass is 259 g/mol. The van der Waals surface area contributed by atoms with Crippen LogP contribution in [0.4, 0.5) is 5.82 Å². The fourth-order valence-corrected chi connectivity index (χ4v) is 1.66. The Morgan fingerprint density at radius 3 is 2.82 bits per heavy atom. The van der Waals surface area contributed by atoms with E-state index in [0.29, 0.717) is 29.9 Å². The van der Waals surface area contributed by atoms with Crippen LogP contribution in [0.2, 0.25) is 5.15 Å². The molecule has 0 saturated carbocycles. The molecule has 0 fully saturated rings. The van der Waals surface area contributed by atoms with Crippen molar-refractivity contribution >= 4 is 17.4 Å². The second kappa shape index (κ2) is 6.74. The van der Waals surface area contributed by atoms with Gasteiger partial charge in [-0.05, 0) is 0 Å². The lowest BCUT2D eigenvalue weighted by Gasteiger charge is -2.21. The minimum absolute atomic E-state index is 0.295. The highest BCUT2D eigenvalue weighted by atomic mass is 35.5. The molecule has 1 N–H and O–H groups in total. The van der Waals surface area contributed by atoms with E-state index in [1.165, 1.54) is 0 Å². The molecule has 0 aliphatic rings. The van der Waals surface area contributed by atoms with Gasteiger partial charge in [-0.1, -0.05) is 18.5 Å². The van der Waals surface area contributed by atoms with Gasteiger partial charge in [-0.25, -0.2) is 9.97 Å². The first-order valence-electron chi connectivity index (χ1n) is 5.48. The van der Waals surface area contributed by atoms with Crippen molar-refractivity contribution in [2.24, 2.45) is 0 Å². The summed E-state index contributed by atoms with van der Waals surface area (Å²) in [5.74, 6) is 1.40. The molecule has 1 atom stereocenters. The lowest BCUT2D eigenvalue weighted by molar-refractivity contribution is 0.0694. The molecule has 6 heteroatoms. The van der Waals surface area contributed by atoms with Gasteiger partial charge in [0.2, 0.25) is 0 Å². The molecule has 0 aliphatic heterocycles. The highest BCUT2D eigenvalue weighted by molar-refractivity contribution is 6.29. The van der Waals surface area contributed by atoms with Crippen molar-refractivity contribution < 1.29 is 9.84 Å². The van der Waals surface area contributed by atoms with E-state index in [1.807, 2.05) is 18.9 Å². The number of aromatic nitrogens is 2. The Balaban J connectivity index is 2.74. The van der Waals surface area contributed by atoms with E-state index < -0.39 is 6.10 Å². The van der Waals surface area contributed by atoms with Gasteiger partial charge in [0.05, 0.1) is 12.7 Å². The Hall–Kier alpha value is -0.910. The van der Waals surface area contributed by atoms with E-state index in [9.17, 15) is 5.11 Å². The van der Waals surface area contributed by atoms with Gasteiger partial charge in [-0.15, -0.1) is 0 Å². The standard InChI is InChI=1S/C11H18ClN3O2/c1-4-10-13-9(12)5-11(14-10)15(2)6-8(16)7-17-3/h5,8,16H,4,6-7H2,1-3H3. The molecule has 1 rings (SSSR count). The highest BCUT2D eigenvalue weighted by Crippen LogP contribution is 2.15. The van der Waals surface area contributed by atoms with Crippen molar-refractivity contribution in [3.63, 3.8) is 0 Å². The van der Waals surface area contributed by atoms with Crippen molar-refractivity contribution in [3.05, 3.63) is 17.0 Å². The molecular formula is C11H18ClN3O2. The van der Waals surface area contributed by atoms with E-state index in [4.69, 9.17) is 16.3 Å². The fraction of sp³-hybridized carbons (Fsp3) is 0.636. The molecule has 1 aromatic heterocycles. The zero-order chi connectivity index (χ0) is 12.8. The summed E-state index contributed by atoms with van der Waals surface area (Å²) in [4.78, 5) is 10.3. The van der Waals surface area contributed by atoms with Crippen molar-refractivity contribution in [3.8, 4) is 0 Å². The fourth-order valence-electron chi connectivity index (χ4n) is 1.46. The summed E-state index contributed by atoms with van der Waals surface area (Å²) in [5.41, 5.74) is 0. The number of methoxy groups -OCH3 is 1. The molecule has 0 amide bonds. The third-order valence-electron chi connectivity index (χ3n) is 2.28. The van der Waals surface area contributed by atoms with Crippen LogP contribution in [0, 0.1) is 0 Å². The second-order valence-corrected chi connectivity index (χ2v) is 4.20. The molecule has 0 aromatic carbocycles. The molecule has 1 aromatic rings. The van der Waals surface area contributed by atoms with Gasteiger partial charge in [0, 0.05) is 33.2 Å². The molecule has 0 aliphatic carbocycles. The van der Waals surface area contributed by atoms with Crippen molar-refractivity contribution in [1.82, 2.24) is 9.97 Å². The predicted molar refractivity (Wildman–Crippen MR) is 67.6 cm³/mol. The maximum atomic E-state index is 9.63. The van der Waals surface area contributed by atoms with Crippen molar-refractivity contribution in [1.29, 1.82) is 0 Å². The number of aliphatic hydroxyl groups is 1. The molecule has 0 spiro atoms. The summed E-state index contributed by atoms with van der Waals surface area (Å²) in [6, 6.07) is 1.68. The van der Waals surface area contributed by atoms with E-state index in [-0.39, 0.29) is 0 Å². The summed E-state index contributed by atoms with van der Waals surface area (Å²) in [6.07, 6.45) is 0.172. The third kappa shape index (κ3) is 4.46. The molecule has 0 bridgehead atoms. The number of anilines is 1. The number of aryl methyl sites for hydroxylation is 1. The van der Waals surface area contributed by atoms with Gasteiger partial charge in [0.15, 0.2) is 0 Å². The normalized spacial score (nSPS) is 12.5. The zero-order valence-electron chi connectivity index (χ0n) is 10.4. The molecule has 1 heterocycles. The van der Waals surface area contributed by atoms with Crippen molar-refractivity contribution in [2.45, 2.75) is 19.4 Å². The van der Waals surface area contributed by atoms with E-state index in [2.05, 4.69) is 9.97 Å². The molecule has 5 nitrogen and oxygen atoms in total. The minimum Gasteiger partial charge on any atom is -0.389 e. The van der Waals surface area contributed by atoms with Crippen LogP contribution in [0.25, 0.3) is 0 Å². The topological polar surface area (TPSA) is 58.5 Å². The van der Waals surface area contributed by atoms with Gasteiger partial charge in [0.1, 0.15) is 16.8 Å².